The second-order valence-corrected chi connectivity index (χ2v) is 7.52. The van der Waals surface area contributed by atoms with Gasteiger partial charge in [-0.1, -0.05) is 18.2 Å². The number of fused-ring (bicyclic) bond motifs is 1. The zero-order valence-electron chi connectivity index (χ0n) is 16.6. The second-order valence-electron chi connectivity index (χ2n) is 7.52. The lowest BCUT2D eigenvalue weighted by Gasteiger charge is -2.17. The number of nitrogens with zero attached hydrogens (tertiary/aromatic N) is 1. The molecule has 6 heteroatoms. The molecule has 0 saturated heterocycles. The maximum atomic E-state index is 13.0. The van der Waals surface area contributed by atoms with Crippen molar-refractivity contribution in [3.05, 3.63) is 47.5 Å². The Balaban J connectivity index is 1.72. The third-order valence-corrected chi connectivity index (χ3v) is 5.66. The highest BCUT2D eigenvalue weighted by Gasteiger charge is 2.37. The van der Waals surface area contributed by atoms with Gasteiger partial charge in [-0.25, -0.2) is 0 Å². The SMILES string of the molecule is COc1ccc(-c2cccc3c2C(=O)N(CCCN)C3=O)cc1OC1CCCC1. The molecule has 0 aromatic heterocycles. The van der Waals surface area contributed by atoms with Crippen LogP contribution in [0.5, 0.6) is 11.5 Å². The lowest BCUT2D eigenvalue weighted by atomic mass is 9.96. The van der Waals surface area contributed by atoms with Crippen molar-refractivity contribution in [2.24, 2.45) is 5.73 Å². The highest BCUT2D eigenvalue weighted by atomic mass is 16.5. The number of amides is 2. The first-order valence-electron chi connectivity index (χ1n) is 10.2. The van der Waals surface area contributed by atoms with E-state index < -0.39 is 0 Å². The van der Waals surface area contributed by atoms with Crippen LogP contribution in [0.15, 0.2) is 36.4 Å². The molecule has 1 aliphatic heterocycles. The number of methoxy groups -OCH3 is 1. The van der Waals surface area contributed by atoms with Crippen LogP contribution in [0.25, 0.3) is 11.1 Å². The number of benzene rings is 2. The number of carbonyl (C=O) groups is 2. The number of rotatable bonds is 7. The van der Waals surface area contributed by atoms with Crippen LogP contribution in [-0.4, -0.2) is 43.0 Å². The van der Waals surface area contributed by atoms with Crippen LogP contribution in [0, 0.1) is 0 Å². The molecule has 1 heterocycles. The summed E-state index contributed by atoms with van der Waals surface area (Å²) in [6.07, 6.45) is 5.20. The number of hydrogen-bond acceptors (Lipinski definition) is 5. The summed E-state index contributed by atoms with van der Waals surface area (Å²) >= 11 is 0. The van der Waals surface area contributed by atoms with Gasteiger partial charge in [0, 0.05) is 6.54 Å². The van der Waals surface area contributed by atoms with Gasteiger partial charge in [-0.3, -0.25) is 14.5 Å². The average molecular weight is 394 g/mol. The Morgan fingerprint density at radius 1 is 1.03 bits per heavy atom. The molecule has 0 atom stereocenters. The van der Waals surface area contributed by atoms with Crippen molar-refractivity contribution in [2.75, 3.05) is 20.2 Å². The van der Waals surface area contributed by atoms with Crippen molar-refractivity contribution >= 4 is 11.8 Å². The predicted octanol–water partition coefficient (Wildman–Crippen LogP) is 3.63. The first kappa shape index (κ1) is 19.5. The van der Waals surface area contributed by atoms with E-state index in [1.165, 1.54) is 17.7 Å². The van der Waals surface area contributed by atoms with Gasteiger partial charge in [0.25, 0.3) is 11.8 Å². The van der Waals surface area contributed by atoms with Crippen LogP contribution in [0.4, 0.5) is 0 Å². The summed E-state index contributed by atoms with van der Waals surface area (Å²) < 4.78 is 11.7. The van der Waals surface area contributed by atoms with Gasteiger partial charge in [0.1, 0.15) is 0 Å². The van der Waals surface area contributed by atoms with E-state index in [-0.39, 0.29) is 17.9 Å². The van der Waals surface area contributed by atoms with Gasteiger partial charge in [-0.15, -0.1) is 0 Å². The lowest BCUT2D eigenvalue weighted by Crippen LogP contribution is -2.31. The average Bonchev–Trinajstić information content (AvgIpc) is 3.33. The maximum absolute atomic E-state index is 13.0. The van der Waals surface area contributed by atoms with Crippen LogP contribution in [-0.2, 0) is 0 Å². The summed E-state index contributed by atoms with van der Waals surface area (Å²) in [5.41, 5.74) is 8.02. The summed E-state index contributed by atoms with van der Waals surface area (Å²) in [5, 5.41) is 0. The minimum atomic E-state index is -0.261. The van der Waals surface area contributed by atoms with E-state index in [0.29, 0.717) is 42.1 Å². The molecule has 2 N–H and O–H groups in total. The first-order chi connectivity index (χ1) is 14.1. The summed E-state index contributed by atoms with van der Waals surface area (Å²) in [6.45, 7) is 0.765. The van der Waals surface area contributed by atoms with E-state index in [4.69, 9.17) is 15.2 Å². The van der Waals surface area contributed by atoms with Gasteiger partial charge < -0.3 is 15.2 Å². The van der Waals surface area contributed by atoms with Crippen molar-refractivity contribution in [1.29, 1.82) is 0 Å². The monoisotopic (exact) mass is 394 g/mol. The lowest BCUT2D eigenvalue weighted by molar-refractivity contribution is 0.0654. The molecule has 29 heavy (non-hydrogen) atoms. The molecule has 0 unspecified atom stereocenters. The first-order valence-corrected chi connectivity index (χ1v) is 10.2. The van der Waals surface area contributed by atoms with Crippen molar-refractivity contribution < 1.29 is 19.1 Å². The summed E-state index contributed by atoms with van der Waals surface area (Å²) in [4.78, 5) is 27.0. The van der Waals surface area contributed by atoms with Gasteiger partial charge in [0.2, 0.25) is 0 Å². The second kappa shape index (κ2) is 8.25. The highest BCUT2D eigenvalue weighted by molar-refractivity contribution is 6.24. The van der Waals surface area contributed by atoms with E-state index in [2.05, 4.69) is 0 Å². The molecular formula is C23H26N2O4. The van der Waals surface area contributed by atoms with E-state index in [0.717, 1.165) is 24.0 Å². The Bertz CT molecular complexity index is 934. The molecule has 6 nitrogen and oxygen atoms in total. The molecule has 152 valence electrons. The van der Waals surface area contributed by atoms with Crippen molar-refractivity contribution in [1.82, 2.24) is 4.90 Å². The molecule has 1 saturated carbocycles. The molecular weight excluding hydrogens is 368 g/mol. The molecule has 2 aromatic carbocycles. The molecule has 4 rings (SSSR count). The van der Waals surface area contributed by atoms with Crippen molar-refractivity contribution in [3.8, 4) is 22.6 Å². The smallest absolute Gasteiger partial charge is 0.262 e. The quantitative estimate of drug-likeness (QED) is 0.725. The van der Waals surface area contributed by atoms with Crippen molar-refractivity contribution in [3.63, 3.8) is 0 Å². The predicted molar refractivity (Wildman–Crippen MR) is 110 cm³/mol. The van der Waals surface area contributed by atoms with Crippen LogP contribution < -0.4 is 15.2 Å². The molecule has 0 radical (unpaired) electrons. The Labute approximate surface area is 170 Å². The number of hydrogen-bond donors (Lipinski definition) is 1. The third-order valence-electron chi connectivity index (χ3n) is 5.66. The summed E-state index contributed by atoms with van der Waals surface area (Å²) in [7, 11) is 1.62. The summed E-state index contributed by atoms with van der Waals surface area (Å²) in [5.74, 6) is 0.825. The van der Waals surface area contributed by atoms with Gasteiger partial charge in [-0.05, 0) is 68.0 Å². The third kappa shape index (κ3) is 3.60. The van der Waals surface area contributed by atoms with Crippen LogP contribution in [0.2, 0.25) is 0 Å². The van der Waals surface area contributed by atoms with E-state index in [9.17, 15) is 9.59 Å². The molecule has 1 fully saturated rings. The molecule has 0 spiro atoms. The Hall–Kier alpha value is -2.86. The minimum Gasteiger partial charge on any atom is -0.493 e. The number of ether oxygens (including phenoxy) is 2. The molecule has 2 aromatic rings. The fraction of sp³-hybridized carbons (Fsp3) is 0.391. The molecule has 0 bridgehead atoms. The van der Waals surface area contributed by atoms with E-state index >= 15 is 0 Å². The Morgan fingerprint density at radius 3 is 2.52 bits per heavy atom. The normalized spacial score (nSPS) is 16.4. The summed E-state index contributed by atoms with van der Waals surface area (Å²) in [6, 6.07) is 11.1. The van der Waals surface area contributed by atoms with Gasteiger partial charge in [-0.2, -0.15) is 0 Å². The van der Waals surface area contributed by atoms with Gasteiger partial charge >= 0.3 is 0 Å². The largest absolute Gasteiger partial charge is 0.493 e. The Kier molecular flexibility index (Phi) is 5.53. The maximum Gasteiger partial charge on any atom is 0.262 e. The fourth-order valence-electron chi connectivity index (χ4n) is 4.15. The molecule has 2 aliphatic rings. The molecule has 1 aliphatic carbocycles. The number of nitrogens with two attached hydrogens (primary N) is 1. The topological polar surface area (TPSA) is 81.9 Å². The number of carbonyl (C=O) groups excluding carboxylic acids is 2. The number of imide groups is 1. The van der Waals surface area contributed by atoms with Gasteiger partial charge in [0.15, 0.2) is 11.5 Å². The van der Waals surface area contributed by atoms with E-state index in [1.807, 2.05) is 30.3 Å². The standard InChI is InChI=1S/C23H26N2O4/c1-28-19-11-10-15(14-20(19)29-16-6-2-3-7-16)17-8-4-9-18-21(17)23(27)25(22(18)26)13-5-12-24/h4,8-11,14,16H,2-3,5-7,12-13,24H2,1H3. The zero-order chi connectivity index (χ0) is 20.4. The van der Waals surface area contributed by atoms with Crippen molar-refractivity contribution in [2.45, 2.75) is 38.2 Å². The van der Waals surface area contributed by atoms with Gasteiger partial charge in [0.05, 0.1) is 24.3 Å². The zero-order valence-corrected chi connectivity index (χ0v) is 16.6. The molecule has 2 amide bonds. The van der Waals surface area contributed by atoms with Crippen LogP contribution in [0.1, 0.15) is 52.8 Å². The van der Waals surface area contributed by atoms with E-state index in [1.54, 1.807) is 13.2 Å². The van der Waals surface area contributed by atoms with Crippen LogP contribution in [0.3, 0.4) is 0 Å². The highest BCUT2D eigenvalue weighted by Crippen LogP contribution is 2.38. The Morgan fingerprint density at radius 2 is 1.79 bits per heavy atom. The van der Waals surface area contributed by atoms with Crippen LogP contribution >= 0.6 is 0 Å². The minimum absolute atomic E-state index is 0.190. The fourth-order valence-corrected chi connectivity index (χ4v) is 4.15.